The van der Waals surface area contributed by atoms with Crippen LogP contribution in [0.25, 0.3) is 0 Å². The Morgan fingerprint density at radius 3 is 2.46 bits per heavy atom. The quantitative estimate of drug-likeness (QED) is 0.214. The average molecular weight is 687 g/mol. The first kappa shape index (κ1) is 35.5. The number of amides is 1. The molecule has 0 aliphatic carbocycles. The van der Waals surface area contributed by atoms with Crippen molar-refractivity contribution in [3.63, 3.8) is 0 Å². The number of rotatable bonds is 16. The van der Waals surface area contributed by atoms with Crippen molar-refractivity contribution in [1.29, 1.82) is 0 Å². The second kappa shape index (κ2) is 16.5. The molecule has 5 rings (SSSR count). The van der Waals surface area contributed by atoms with Gasteiger partial charge in [0, 0.05) is 57.9 Å². The molecule has 2 N–H and O–H groups in total. The molecule has 0 spiro atoms. The van der Waals surface area contributed by atoms with Crippen LogP contribution in [0.4, 0.5) is 4.79 Å². The minimum Gasteiger partial charge on any atom is -0.494 e. The maximum absolute atomic E-state index is 13.8. The molecule has 2 aliphatic rings. The Bertz CT molecular complexity index is 1560. The zero-order valence-corrected chi connectivity index (χ0v) is 28.6. The van der Waals surface area contributed by atoms with Crippen LogP contribution in [0.3, 0.4) is 0 Å². The highest BCUT2D eigenvalue weighted by Crippen LogP contribution is 2.35. The van der Waals surface area contributed by atoms with Crippen molar-refractivity contribution < 1.29 is 41.7 Å². The first-order valence-electron chi connectivity index (χ1n) is 16.3. The van der Waals surface area contributed by atoms with Crippen LogP contribution < -0.4 is 24.3 Å². The molecule has 3 heterocycles. The van der Waals surface area contributed by atoms with Gasteiger partial charge in [0.05, 0.1) is 29.9 Å². The molecule has 1 aromatic heterocycles. The van der Waals surface area contributed by atoms with E-state index in [9.17, 15) is 18.3 Å². The smallest absolute Gasteiger partial charge is 0.413 e. The SMILES string of the molecule is CC(C)CN(C[C@@H](O)[C@H](Cc1ccc(OCCCN2CCN(C)CC2)cc1)NC(=O)Oc1ccoc1)S(=O)(=O)c1ccc2c(c1)OCO2. The van der Waals surface area contributed by atoms with Crippen LogP contribution in [0.5, 0.6) is 23.0 Å². The first-order valence-corrected chi connectivity index (χ1v) is 17.7. The van der Waals surface area contributed by atoms with E-state index in [0.717, 1.165) is 50.5 Å². The Labute approximate surface area is 282 Å². The number of hydrogen-bond acceptors (Lipinski definition) is 11. The monoisotopic (exact) mass is 686 g/mol. The fourth-order valence-electron chi connectivity index (χ4n) is 5.61. The Balaban J connectivity index is 1.25. The molecule has 0 unspecified atom stereocenters. The van der Waals surface area contributed by atoms with Gasteiger partial charge in [-0.25, -0.2) is 13.2 Å². The Morgan fingerprint density at radius 2 is 1.75 bits per heavy atom. The van der Waals surface area contributed by atoms with Crippen LogP contribution >= 0.6 is 0 Å². The minimum absolute atomic E-state index is 0.0134. The van der Waals surface area contributed by atoms with E-state index >= 15 is 0 Å². The molecule has 1 saturated heterocycles. The fraction of sp³-hybridized carbons (Fsp3) is 0.500. The predicted octanol–water partition coefficient (Wildman–Crippen LogP) is 3.43. The number of carbonyl (C=O) groups excluding carboxylic acids is 1. The molecule has 262 valence electrons. The van der Waals surface area contributed by atoms with Gasteiger partial charge in [-0.05, 0) is 55.6 Å². The highest BCUT2D eigenvalue weighted by molar-refractivity contribution is 7.89. The van der Waals surface area contributed by atoms with Crippen molar-refractivity contribution in [2.24, 2.45) is 5.92 Å². The topological polar surface area (TPSA) is 143 Å². The van der Waals surface area contributed by atoms with Crippen molar-refractivity contribution >= 4 is 16.1 Å². The van der Waals surface area contributed by atoms with E-state index in [4.69, 9.17) is 23.4 Å². The second-order valence-electron chi connectivity index (χ2n) is 12.6. The van der Waals surface area contributed by atoms with Crippen LogP contribution in [0.1, 0.15) is 25.8 Å². The molecule has 1 amide bonds. The van der Waals surface area contributed by atoms with E-state index in [1.54, 1.807) is 6.07 Å². The standard InChI is InChI=1S/C34H46N4O9S/c1-25(2)21-38(48(41,42)29-9-10-32-33(20-29)46-24-45-32)22-31(39)30(35-34(40)47-28-11-18-43-23-28)19-26-5-7-27(8-6-26)44-17-4-12-37-15-13-36(3)14-16-37/h5-11,18,20,23,25,30-31,39H,4,12-17,19,21-22,24H2,1-3H3,(H,35,40)/t30-,31+/m0/s1. The normalized spacial score (nSPS) is 16.6. The molecule has 0 radical (unpaired) electrons. The number of aliphatic hydroxyl groups is 1. The molecule has 48 heavy (non-hydrogen) atoms. The van der Waals surface area contributed by atoms with Gasteiger partial charge < -0.3 is 43.6 Å². The summed E-state index contributed by atoms with van der Waals surface area (Å²) in [6, 6.07) is 12.5. The van der Waals surface area contributed by atoms with E-state index in [2.05, 4.69) is 22.2 Å². The molecule has 2 aliphatic heterocycles. The number of carbonyl (C=O) groups is 1. The molecule has 0 saturated carbocycles. The lowest BCUT2D eigenvalue weighted by Gasteiger charge is -2.32. The number of nitrogens with one attached hydrogen (secondary N) is 1. The van der Waals surface area contributed by atoms with Gasteiger partial charge in [-0.15, -0.1) is 0 Å². The number of ether oxygens (including phenoxy) is 4. The average Bonchev–Trinajstić information content (AvgIpc) is 3.76. The summed E-state index contributed by atoms with van der Waals surface area (Å²) in [6.07, 6.45) is 1.66. The number of furan rings is 1. The summed E-state index contributed by atoms with van der Waals surface area (Å²) in [5, 5.41) is 14.3. The zero-order chi connectivity index (χ0) is 34.1. The molecule has 3 aromatic rings. The summed E-state index contributed by atoms with van der Waals surface area (Å²) in [6.45, 7) is 9.55. The van der Waals surface area contributed by atoms with Gasteiger partial charge in [-0.3, -0.25) is 0 Å². The zero-order valence-electron chi connectivity index (χ0n) is 27.7. The molecule has 14 heteroatoms. The fourth-order valence-corrected chi connectivity index (χ4v) is 7.24. The lowest BCUT2D eigenvalue weighted by molar-refractivity contribution is 0.0991. The number of likely N-dealkylation sites (N-methyl/N-ethyl adjacent to an activating group) is 1. The van der Waals surface area contributed by atoms with E-state index in [0.29, 0.717) is 18.1 Å². The van der Waals surface area contributed by atoms with Crippen molar-refractivity contribution in [2.75, 3.05) is 66.3 Å². The molecular formula is C34H46N4O9S. The first-order chi connectivity index (χ1) is 23.1. The lowest BCUT2D eigenvalue weighted by Crippen LogP contribution is -2.51. The number of aliphatic hydroxyl groups excluding tert-OH is 1. The number of nitrogens with zero attached hydrogens (tertiary/aromatic N) is 3. The van der Waals surface area contributed by atoms with Crippen molar-refractivity contribution in [1.82, 2.24) is 19.4 Å². The number of piperazine rings is 1. The third-order valence-electron chi connectivity index (χ3n) is 8.28. The van der Waals surface area contributed by atoms with Gasteiger partial charge in [0.15, 0.2) is 17.2 Å². The summed E-state index contributed by atoms with van der Waals surface area (Å²) in [5.41, 5.74) is 0.807. The largest absolute Gasteiger partial charge is 0.494 e. The highest BCUT2D eigenvalue weighted by atomic mass is 32.2. The third kappa shape index (κ3) is 9.86. The summed E-state index contributed by atoms with van der Waals surface area (Å²) < 4.78 is 55.9. The number of benzene rings is 2. The summed E-state index contributed by atoms with van der Waals surface area (Å²) in [4.78, 5) is 17.7. The van der Waals surface area contributed by atoms with Crippen LogP contribution in [-0.4, -0.2) is 112 Å². The van der Waals surface area contributed by atoms with Gasteiger partial charge in [0.2, 0.25) is 16.8 Å². The highest BCUT2D eigenvalue weighted by Gasteiger charge is 2.33. The van der Waals surface area contributed by atoms with Gasteiger partial charge in [-0.1, -0.05) is 26.0 Å². The molecule has 2 atom stereocenters. The molecular weight excluding hydrogens is 640 g/mol. The maximum atomic E-state index is 13.8. The van der Waals surface area contributed by atoms with Crippen molar-refractivity contribution in [3.05, 3.63) is 66.6 Å². The second-order valence-corrected chi connectivity index (χ2v) is 14.5. The van der Waals surface area contributed by atoms with Crippen LogP contribution in [0.15, 0.2) is 70.4 Å². The molecule has 2 aromatic carbocycles. The lowest BCUT2D eigenvalue weighted by atomic mass is 10.0. The molecule has 0 bridgehead atoms. The van der Waals surface area contributed by atoms with Gasteiger partial charge in [0.25, 0.3) is 0 Å². The van der Waals surface area contributed by atoms with E-state index in [1.165, 1.54) is 35.0 Å². The van der Waals surface area contributed by atoms with E-state index in [1.807, 2.05) is 38.1 Å². The predicted molar refractivity (Wildman–Crippen MR) is 178 cm³/mol. The van der Waals surface area contributed by atoms with Gasteiger partial charge in [0.1, 0.15) is 12.0 Å². The van der Waals surface area contributed by atoms with Crippen molar-refractivity contribution in [2.45, 2.75) is 43.7 Å². The van der Waals surface area contributed by atoms with Crippen LogP contribution in [-0.2, 0) is 16.4 Å². The van der Waals surface area contributed by atoms with E-state index in [-0.39, 0.29) is 42.9 Å². The number of hydrogen-bond donors (Lipinski definition) is 2. The third-order valence-corrected chi connectivity index (χ3v) is 10.1. The summed E-state index contributed by atoms with van der Waals surface area (Å²) in [5.74, 6) is 1.67. The Hall–Kier alpha value is -3.82. The summed E-state index contributed by atoms with van der Waals surface area (Å²) >= 11 is 0. The maximum Gasteiger partial charge on any atom is 0.413 e. The van der Waals surface area contributed by atoms with Crippen LogP contribution in [0.2, 0.25) is 0 Å². The van der Waals surface area contributed by atoms with E-state index < -0.39 is 28.3 Å². The number of fused-ring (bicyclic) bond motifs is 1. The Morgan fingerprint density at radius 1 is 1.00 bits per heavy atom. The van der Waals surface area contributed by atoms with Crippen LogP contribution in [0, 0.1) is 5.92 Å². The van der Waals surface area contributed by atoms with Gasteiger partial charge >= 0.3 is 6.09 Å². The summed E-state index contributed by atoms with van der Waals surface area (Å²) in [7, 11) is -1.91. The van der Waals surface area contributed by atoms with Gasteiger partial charge in [-0.2, -0.15) is 4.31 Å². The minimum atomic E-state index is -4.06. The Kier molecular flexibility index (Phi) is 12.2. The van der Waals surface area contributed by atoms with Crippen molar-refractivity contribution in [3.8, 4) is 23.0 Å². The molecule has 1 fully saturated rings. The number of sulfonamides is 1. The molecule has 13 nitrogen and oxygen atoms in total.